The Morgan fingerprint density at radius 1 is 1.50 bits per heavy atom. The molecule has 0 heterocycles. The van der Waals surface area contributed by atoms with Crippen molar-refractivity contribution in [2.24, 2.45) is 0 Å². The molecule has 0 fully saturated rings. The standard InChI is InChI=1S/C11H8ClF3N2O/c1-8(12)6-17(7-16)9-3-2-4-10(5-9)18-11(13,14)15/h2-5H,1,6H2. The van der Waals surface area contributed by atoms with Gasteiger partial charge >= 0.3 is 6.36 Å². The van der Waals surface area contributed by atoms with E-state index in [1.54, 1.807) is 6.19 Å². The molecule has 0 atom stereocenters. The average molecular weight is 277 g/mol. The monoisotopic (exact) mass is 276 g/mol. The third kappa shape index (κ3) is 4.55. The van der Waals surface area contributed by atoms with E-state index in [9.17, 15) is 13.2 Å². The average Bonchev–Trinajstić information content (AvgIpc) is 2.23. The normalized spacial score (nSPS) is 10.6. The number of halogens is 4. The van der Waals surface area contributed by atoms with Crippen LogP contribution in [0.15, 0.2) is 35.9 Å². The van der Waals surface area contributed by atoms with E-state index in [0.29, 0.717) is 0 Å². The van der Waals surface area contributed by atoms with E-state index < -0.39 is 12.1 Å². The van der Waals surface area contributed by atoms with Crippen molar-refractivity contribution in [1.29, 1.82) is 5.26 Å². The van der Waals surface area contributed by atoms with Gasteiger partial charge in [0.1, 0.15) is 5.75 Å². The van der Waals surface area contributed by atoms with Gasteiger partial charge in [-0.15, -0.1) is 13.2 Å². The summed E-state index contributed by atoms with van der Waals surface area (Å²) in [5.41, 5.74) is 0.237. The lowest BCUT2D eigenvalue weighted by atomic mass is 10.3. The highest BCUT2D eigenvalue weighted by Crippen LogP contribution is 2.27. The number of anilines is 1. The van der Waals surface area contributed by atoms with Gasteiger partial charge in [-0.25, -0.2) is 0 Å². The second-order valence-electron chi connectivity index (χ2n) is 3.25. The molecule has 3 nitrogen and oxygen atoms in total. The summed E-state index contributed by atoms with van der Waals surface area (Å²) in [6.45, 7) is 3.42. The molecule has 0 spiro atoms. The van der Waals surface area contributed by atoms with Crippen LogP contribution in [0, 0.1) is 11.5 Å². The van der Waals surface area contributed by atoms with Crippen LogP contribution in [-0.2, 0) is 0 Å². The van der Waals surface area contributed by atoms with Gasteiger partial charge in [0.2, 0.25) is 0 Å². The summed E-state index contributed by atoms with van der Waals surface area (Å²) in [5.74, 6) is -0.402. The van der Waals surface area contributed by atoms with Gasteiger partial charge in [0.25, 0.3) is 0 Å². The first-order valence-electron chi connectivity index (χ1n) is 4.68. The van der Waals surface area contributed by atoms with Crippen LogP contribution in [0.25, 0.3) is 0 Å². The Balaban J connectivity index is 2.93. The van der Waals surface area contributed by atoms with Gasteiger partial charge in [0.15, 0.2) is 6.19 Å². The zero-order chi connectivity index (χ0) is 13.8. The second kappa shape index (κ2) is 5.65. The Bertz CT molecular complexity index is 482. The molecule has 0 unspecified atom stereocenters. The molecule has 0 saturated heterocycles. The van der Waals surface area contributed by atoms with Crippen LogP contribution in [0.4, 0.5) is 18.9 Å². The summed E-state index contributed by atoms with van der Waals surface area (Å²) < 4.78 is 39.8. The van der Waals surface area contributed by atoms with Gasteiger partial charge in [0, 0.05) is 11.1 Å². The maximum Gasteiger partial charge on any atom is 0.573 e. The Kier molecular flexibility index (Phi) is 4.45. The lowest BCUT2D eigenvalue weighted by Gasteiger charge is -2.16. The van der Waals surface area contributed by atoms with Crippen molar-refractivity contribution in [3.63, 3.8) is 0 Å². The highest BCUT2D eigenvalue weighted by Gasteiger charge is 2.31. The van der Waals surface area contributed by atoms with Crippen LogP contribution in [0.3, 0.4) is 0 Å². The predicted molar refractivity (Wildman–Crippen MR) is 61.1 cm³/mol. The van der Waals surface area contributed by atoms with Crippen LogP contribution in [0.5, 0.6) is 5.75 Å². The van der Waals surface area contributed by atoms with Crippen LogP contribution in [-0.4, -0.2) is 12.9 Å². The molecule has 1 aromatic carbocycles. The molecule has 1 rings (SSSR count). The van der Waals surface area contributed by atoms with Crippen molar-refractivity contribution in [3.8, 4) is 11.9 Å². The summed E-state index contributed by atoms with van der Waals surface area (Å²) in [4.78, 5) is 1.10. The first-order valence-corrected chi connectivity index (χ1v) is 5.06. The Morgan fingerprint density at radius 2 is 2.17 bits per heavy atom. The summed E-state index contributed by atoms with van der Waals surface area (Å²) >= 11 is 5.55. The molecule has 7 heteroatoms. The number of ether oxygens (including phenoxy) is 1. The van der Waals surface area contributed by atoms with E-state index in [1.807, 2.05) is 0 Å². The van der Waals surface area contributed by atoms with Crippen molar-refractivity contribution in [1.82, 2.24) is 0 Å². The molecular formula is C11H8ClF3N2O. The molecule has 0 saturated carbocycles. The number of nitrogens with zero attached hydrogens (tertiary/aromatic N) is 2. The number of alkyl halides is 3. The van der Waals surface area contributed by atoms with E-state index in [4.69, 9.17) is 16.9 Å². The van der Waals surface area contributed by atoms with Gasteiger partial charge in [-0.05, 0) is 12.1 Å². The van der Waals surface area contributed by atoms with E-state index in [0.717, 1.165) is 17.0 Å². The molecule has 0 bridgehead atoms. The largest absolute Gasteiger partial charge is 0.573 e. The van der Waals surface area contributed by atoms with Crippen LogP contribution in [0.2, 0.25) is 0 Å². The summed E-state index contributed by atoms with van der Waals surface area (Å²) in [6.07, 6.45) is -2.98. The quantitative estimate of drug-likeness (QED) is 0.622. The van der Waals surface area contributed by atoms with Gasteiger partial charge in [-0.3, -0.25) is 4.90 Å². The Morgan fingerprint density at radius 3 is 2.67 bits per heavy atom. The minimum absolute atomic E-state index is 0.00747. The molecule has 0 N–H and O–H groups in total. The summed E-state index contributed by atoms with van der Waals surface area (Å²) in [5, 5.41) is 9.06. The third-order valence-corrected chi connectivity index (χ3v) is 1.93. The van der Waals surface area contributed by atoms with E-state index in [1.165, 1.54) is 12.1 Å². The van der Waals surface area contributed by atoms with Gasteiger partial charge in [0.05, 0.1) is 12.2 Å². The zero-order valence-electron chi connectivity index (χ0n) is 9.04. The molecule has 0 aliphatic carbocycles. The topological polar surface area (TPSA) is 36.3 Å². The summed E-state index contributed by atoms with van der Waals surface area (Å²) in [6, 6.07) is 5.04. The molecule has 0 amide bonds. The maximum absolute atomic E-state index is 12.0. The summed E-state index contributed by atoms with van der Waals surface area (Å²) in [7, 11) is 0. The zero-order valence-corrected chi connectivity index (χ0v) is 9.79. The van der Waals surface area contributed by atoms with Crippen molar-refractivity contribution in [2.45, 2.75) is 6.36 Å². The molecule has 0 aromatic heterocycles. The lowest BCUT2D eigenvalue weighted by molar-refractivity contribution is -0.274. The Labute approximate surface area is 107 Å². The van der Waals surface area contributed by atoms with Crippen molar-refractivity contribution >= 4 is 17.3 Å². The van der Waals surface area contributed by atoms with E-state index >= 15 is 0 Å². The number of nitriles is 1. The molecule has 0 aliphatic rings. The van der Waals surface area contributed by atoms with Gasteiger partial charge in [-0.2, -0.15) is 5.26 Å². The number of hydrogen-bond donors (Lipinski definition) is 0. The fourth-order valence-corrected chi connectivity index (χ4v) is 1.32. The van der Waals surface area contributed by atoms with Gasteiger partial charge in [-0.1, -0.05) is 24.2 Å². The molecular weight excluding hydrogens is 269 g/mol. The predicted octanol–water partition coefficient (Wildman–Crippen LogP) is 3.63. The highest BCUT2D eigenvalue weighted by molar-refractivity contribution is 6.29. The number of benzene rings is 1. The number of hydrogen-bond acceptors (Lipinski definition) is 3. The van der Waals surface area contributed by atoms with E-state index in [2.05, 4.69) is 11.3 Å². The lowest BCUT2D eigenvalue weighted by Crippen LogP contribution is -2.19. The van der Waals surface area contributed by atoms with Crippen LogP contribution in [0.1, 0.15) is 0 Å². The molecule has 96 valence electrons. The fourth-order valence-electron chi connectivity index (χ4n) is 1.20. The second-order valence-corrected chi connectivity index (χ2v) is 3.78. The Hall–Kier alpha value is -1.87. The van der Waals surface area contributed by atoms with Crippen LogP contribution >= 0.6 is 11.6 Å². The first kappa shape index (κ1) is 14.2. The smallest absolute Gasteiger partial charge is 0.406 e. The molecule has 0 aliphatic heterocycles. The minimum atomic E-state index is -4.77. The van der Waals surface area contributed by atoms with Crippen molar-refractivity contribution in [3.05, 3.63) is 35.9 Å². The highest BCUT2D eigenvalue weighted by atomic mass is 35.5. The van der Waals surface area contributed by atoms with E-state index in [-0.39, 0.29) is 17.3 Å². The van der Waals surface area contributed by atoms with Crippen LogP contribution < -0.4 is 9.64 Å². The maximum atomic E-state index is 12.0. The van der Waals surface area contributed by atoms with Crippen molar-refractivity contribution in [2.75, 3.05) is 11.4 Å². The third-order valence-electron chi connectivity index (χ3n) is 1.81. The SMILES string of the molecule is C=C(Cl)CN(C#N)c1cccc(OC(F)(F)F)c1. The van der Waals surface area contributed by atoms with Crippen molar-refractivity contribution < 1.29 is 17.9 Å². The fraction of sp³-hybridized carbons (Fsp3) is 0.182. The molecule has 1 aromatic rings. The first-order chi connectivity index (χ1) is 8.31. The number of rotatable bonds is 4. The molecule has 18 heavy (non-hydrogen) atoms. The molecule has 0 radical (unpaired) electrons. The van der Waals surface area contributed by atoms with Gasteiger partial charge < -0.3 is 4.74 Å². The minimum Gasteiger partial charge on any atom is -0.406 e.